The first-order chi connectivity index (χ1) is 18.6. The number of fused-ring (bicyclic) bond motifs is 2. The first kappa shape index (κ1) is 27.2. The second kappa shape index (κ2) is 10.3. The highest BCUT2D eigenvalue weighted by atomic mass is 16.3. The van der Waals surface area contributed by atoms with Crippen molar-refractivity contribution in [2.75, 3.05) is 44.1 Å². The van der Waals surface area contributed by atoms with Gasteiger partial charge in [-0.25, -0.2) is 4.58 Å². The lowest BCUT2D eigenvalue weighted by Gasteiger charge is -2.25. The number of hydrogen-bond acceptors (Lipinski definition) is 3. The molecule has 204 valence electrons. The van der Waals surface area contributed by atoms with Gasteiger partial charge in [0.25, 0.3) is 0 Å². The third-order valence-electron chi connectivity index (χ3n) is 9.08. The number of rotatable bonds is 4. The van der Waals surface area contributed by atoms with E-state index in [1.165, 1.54) is 50.8 Å². The Kier molecular flexibility index (Phi) is 7.19. The molecule has 0 radical (unpaired) electrons. The van der Waals surface area contributed by atoms with Crippen molar-refractivity contribution in [2.24, 2.45) is 0 Å². The van der Waals surface area contributed by atoms with Crippen LogP contribution in [0.3, 0.4) is 0 Å². The van der Waals surface area contributed by atoms with Crippen LogP contribution in [0.4, 0.5) is 11.4 Å². The Morgan fingerprint density at radius 1 is 0.744 bits per heavy atom. The number of aliphatic hydroxyl groups is 1. The second-order valence-corrected chi connectivity index (χ2v) is 12.2. The smallest absolute Gasteiger partial charge is 0.206 e. The van der Waals surface area contributed by atoms with E-state index in [4.69, 9.17) is 0 Å². The topological polar surface area (TPSA) is 29.7 Å². The quantitative estimate of drug-likeness (QED) is 0.452. The third kappa shape index (κ3) is 4.59. The van der Waals surface area contributed by atoms with E-state index in [2.05, 4.69) is 136 Å². The minimum Gasteiger partial charge on any atom is -0.390 e. The molecule has 0 unspecified atom stereocenters. The maximum absolute atomic E-state index is 9.82. The molecular weight excluding hydrogens is 478 g/mol. The fourth-order valence-corrected chi connectivity index (χ4v) is 6.95. The third-order valence-corrected chi connectivity index (χ3v) is 9.08. The lowest BCUT2D eigenvalue weighted by atomic mass is 9.82. The zero-order chi connectivity index (χ0) is 27.9. The molecule has 1 saturated carbocycles. The van der Waals surface area contributed by atoms with Crippen LogP contribution in [0.5, 0.6) is 0 Å². The van der Waals surface area contributed by atoms with Crippen molar-refractivity contribution in [3.63, 3.8) is 0 Å². The van der Waals surface area contributed by atoms with Crippen LogP contribution in [-0.4, -0.2) is 49.7 Å². The number of likely N-dealkylation sites (N-methyl/N-ethyl adjacent to an activating group) is 3. The Bertz CT molecular complexity index is 1330. The zero-order valence-corrected chi connectivity index (χ0v) is 24.8. The molecule has 39 heavy (non-hydrogen) atoms. The summed E-state index contributed by atoms with van der Waals surface area (Å²) in [4.78, 5) is 4.67. The number of hydrogen-bond donors (Lipinski definition) is 1. The zero-order valence-electron chi connectivity index (χ0n) is 24.8. The number of benzene rings is 2. The van der Waals surface area contributed by atoms with Crippen molar-refractivity contribution in [1.82, 2.24) is 0 Å². The van der Waals surface area contributed by atoms with Crippen molar-refractivity contribution in [2.45, 2.75) is 57.8 Å². The highest BCUT2D eigenvalue weighted by Gasteiger charge is 2.39. The van der Waals surface area contributed by atoms with Crippen molar-refractivity contribution in [3.8, 4) is 0 Å². The number of nitrogens with zero attached hydrogens (tertiary/aromatic N) is 3. The van der Waals surface area contributed by atoms with Gasteiger partial charge in [0.2, 0.25) is 5.71 Å². The van der Waals surface area contributed by atoms with Crippen molar-refractivity contribution < 1.29 is 9.68 Å². The predicted octanol–water partition coefficient (Wildman–Crippen LogP) is 6.72. The Morgan fingerprint density at radius 2 is 1.18 bits per heavy atom. The predicted molar refractivity (Wildman–Crippen MR) is 165 cm³/mol. The van der Waals surface area contributed by atoms with Crippen molar-refractivity contribution in [3.05, 3.63) is 107 Å². The molecule has 5 rings (SSSR count). The lowest BCUT2D eigenvalue weighted by molar-refractivity contribution is -0.499. The minimum atomic E-state index is -0.0506. The number of allylic oxidation sites excluding steroid dienone is 8. The highest BCUT2D eigenvalue weighted by Crippen LogP contribution is 2.48. The summed E-state index contributed by atoms with van der Waals surface area (Å²) in [6.45, 7) is 10.0. The Morgan fingerprint density at radius 3 is 1.59 bits per heavy atom. The fraction of sp³-hybridized carbons (Fsp3) is 0.400. The molecular formula is C35H44N3O+. The van der Waals surface area contributed by atoms with E-state index in [-0.39, 0.29) is 17.4 Å². The van der Waals surface area contributed by atoms with Gasteiger partial charge in [0.05, 0.1) is 0 Å². The summed E-state index contributed by atoms with van der Waals surface area (Å²) >= 11 is 0. The van der Waals surface area contributed by atoms with Gasteiger partial charge in [0.15, 0.2) is 6.54 Å². The average Bonchev–Trinajstić information content (AvgIpc) is 3.24. The normalized spacial score (nSPS) is 23.7. The molecule has 0 spiro atoms. The first-order valence-electron chi connectivity index (χ1n) is 14.3. The molecule has 0 atom stereocenters. The number of para-hydroxylation sites is 2. The minimum absolute atomic E-state index is 0.0506. The van der Waals surface area contributed by atoms with Gasteiger partial charge in [-0.15, -0.1) is 0 Å². The molecule has 4 heteroatoms. The van der Waals surface area contributed by atoms with Crippen LogP contribution in [0.15, 0.2) is 95.4 Å². The van der Waals surface area contributed by atoms with Gasteiger partial charge in [-0.2, -0.15) is 0 Å². The van der Waals surface area contributed by atoms with E-state index in [9.17, 15) is 5.11 Å². The monoisotopic (exact) mass is 522 g/mol. The van der Waals surface area contributed by atoms with Crippen LogP contribution in [-0.2, 0) is 10.8 Å². The SMILES string of the molecule is CN1/C(=C/C=C2\CCC/C(=C\C=C3\N(C)c4ccccc4C3(C)C)C2=[N+](C)CCO)C(C)(C)c2ccccc21. The van der Waals surface area contributed by atoms with Gasteiger partial charge in [-0.1, -0.05) is 76.2 Å². The molecule has 1 N–H and O–H groups in total. The molecule has 4 nitrogen and oxygen atoms in total. The lowest BCUT2D eigenvalue weighted by Crippen LogP contribution is -2.27. The van der Waals surface area contributed by atoms with E-state index >= 15 is 0 Å². The molecule has 0 amide bonds. The molecule has 1 aliphatic carbocycles. The molecule has 0 saturated heterocycles. The molecule has 1 fully saturated rings. The summed E-state index contributed by atoms with van der Waals surface area (Å²) in [6.07, 6.45) is 12.5. The molecule has 2 aromatic carbocycles. The van der Waals surface area contributed by atoms with Crippen LogP contribution in [0.2, 0.25) is 0 Å². The summed E-state index contributed by atoms with van der Waals surface area (Å²) in [6, 6.07) is 17.5. The summed E-state index contributed by atoms with van der Waals surface area (Å²) < 4.78 is 2.24. The molecule has 3 aliphatic rings. The van der Waals surface area contributed by atoms with E-state index in [1.54, 1.807) is 0 Å². The van der Waals surface area contributed by atoms with Crippen LogP contribution in [0.1, 0.15) is 58.1 Å². The molecule has 2 heterocycles. The van der Waals surface area contributed by atoms with E-state index in [1.807, 2.05) is 0 Å². The number of anilines is 2. The maximum atomic E-state index is 9.82. The molecule has 0 aromatic heterocycles. The standard InChI is InChI=1S/C35H44N3O/c1-34(2)27-15-8-10-17-29(27)37(6)31(34)21-19-25-13-12-14-26(33(25)36(5)23-24-39)20-22-32-35(3,4)28-16-9-11-18-30(28)38(32)7/h8-11,15-22,39H,12-14,23-24H2,1-7H3/q+1. The van der Waals surface area contributed by atoms with Gasteiger partial charge in [-0.05, 0) is 54.7 Å². The van der Waals surface area contributed by atoms with Gasteiger partial charge >= 0.3 is 0 Å². The Labute approximate surface area is 235 Å². The van der Waals surface area contributed by atoms with Gasteiger partial charge in [0.1, 0.15) is 13.7 Å². The summed E-state index contributed by atoms with van der Waals surface area (Å²) in [5.41, 5.74) is 11.8. The summed E-state index contributed by atoms with van der Waals surface area (Å²) in [5, 5.41) is 9.82. The largest absolute Gasteiger partial charge is 0.390 e. The number of aliphatic hydroxyl groups excluding tert-OH is 1. The first-order valence-corrected chi connectivity index (χ1v) is 14.3. The van der Waals surface area contributed by atoms with E-state index in [0.717, 1.165) is 19.3 Å². The highest BCUT2D eigenvalue weighted by molar-refractivity contribution is 6.10. The summed E-state index contributed by atoms with van der Waals surface area (Å²) in [7, 11) is 6.47. The van der Waals surface area contributed by atoms with E-state index < -0.39 is 0 Å². The van der Waals surface area contributed by atoms with Gasteiger partial charge in [0, 0.05) is 58.8 Å². The van der Waals surface area contributed by atoms with Crippen LogP contribution in [0.25, 0.3) is 0 Å². The van der Waals surface area contributed by atoms with Crippen LogP contribution < -0.4 is 9.80 Å². The van der Waals surface area contributed by atoms with Crippen LogP contribution >= 0.6 is 0 Å². The Balaban J connectivity index is 1.54. The van der Waals surface area contributed by atoms with Crippen LogP contribution in [0, 0.1) is 0 Å². The fourth-order valence-electron chi connectivity index (χ4n) is 6.95. The van der Waals surface area contributed by atoms with Crippen molar-refractivity contribution >= 4 is 17.1 Å². The molecule has 0 bridgehead atoms. The summed E-state index contributed by atoms with van der Waals surface area (Å²) in [5.74, 6) is 0. The van der Waals surface area contributed by atoms with Gasteiger partial charge < -0.3 is 14.9 Å². The maximum Gasteiger partial charge on any atom is 0.206 e. The second-order valence-electron chi connectivity index (χ2n) is 12.2. The average molecular weight is 523 g/mol. The van der Waals surface area contributed by atoms with E-state index in [0.29, 0.717) is 6.54 Å². The van der Waals surface area contributed by atoms with Crippen molar-refractivity contribution in [1.29, 1.82) is 0 Å². The molecule has 2 aromatic rings. The Hall–Kier alpha value is -3.37. The molecule has 2 aliphatic heterocycles. The van der Waals surface area contributed by atoms with Gasteiger partial charge in [-0.3, -0.25) is 0 Å².